The van der Waals surface area contributed by atoms with Gasteiger partial charge in [-0.2, -0.15) is 31.3 Å². The SMILES string of the molecule is FC(F)(F)c1cccc(/C=C/COc2ccc(-c3noc(C4CCCN4)n3)cc2C(F)(F)F)c1. The molecule has 1 atom stereocenters. The fourth-order valence-electron chi connectivity index (χ4n) is 3.55. The second-order valence-corrected chi connectivity index (χ2v) is 7.65. The van der Waals surface area contributed by atoms with Crippen molar-refractivity contribution in [2.24, 2.45) is 0 Å². The molecule has 2 heterocycles. The van der Waals surface area contributed by atoms with Crippen molar-refractivity contribution in [3.8, 4) is 17.1 Å². The van der Waals surface area contributed by atoms with Crippen LogP contribution < -0.4 is 10.1 Å². The molecule has 0 saturated carbocycles. The zero-order chi connectivity index (χ0) is 24.3. The van der Waals surface area contributed by atoms with Gasteiger partial charge in [-0.3, -0.25) is 0 Å². The minimum atomic E-state index is -4.71. The van der Waals surface area contributed by atoms with Crippen LogP contribution in [0.5, 0.6) is 5.75 Å². The van der Waals surface area contributed by atoms with Gasteiger partial charge in [0, 0.05) is 5.56 Å². The van der Waals surface area contributed by atoms with Gasteiger partial charge < -0.3 is 14.6 Å². The van der Waals surface area contributed by atoms with Crippen LogP contribution in [0, 0.1) is 0 Å². The van der Waals surface area contributed by atoms with Crippen LogP contribution in [0.15, 0.2) is 53.1 Å². The van der Waals surface area contributed by atoms with Crippen LogP contribution in [-0.2, 0) is 12.4 Å². The molecule has 1 aromatic heterocycles. The minimum Gasteiger partial charge on any atom is -0.489 e. The largest absolute Gasteiger partial charge is 0.489 e. The third kappa shape index (κ3) is 5.58. The summed E-state index contributed by atoms with van der Waals surface area (Å²) in [4.78, 5) is 4.21. The van der Waals surface area contributed by atoms with Crippen molar-refractivity contribution in [3.05, 3.63) is 71.1 Å². The van der Waals surface area contributed by atoms with Gasteiger partial charge in [0.25, 0.3) is 0 Å². The summed E-state index contributed by atoms with van der Waals surface area (Å²) in [6, 6.07) is 7.86. The number of alkyl halides is 6. The molecule has 0 aliphatic carbocycles. The fourth-order valence-corrected chi connectivity index (χ4v) is 3.55. The summed E-state index contributed by atoms with van der Waals surface area (Å²) >= 11 is 0. The average Bonchev–Trinajstić information content (AvgIpc) is 3.48. The van der Waals surface area contributed by atoms with Crippen LogP contribution in [0.25, 0.3) is 17.5 Å². The van der Waals surface area contributed by atoms with Gasteiger partial charge >= 0.3 is 12.4 Å². The number of hydrogen-bond acceptors (Lipinski definition) is 5. The van der Waals surface area contributed by atoms with Crippen molar-refractivity contribution in [1.29, 1.82) is 0 Å². The average molecular weight is 483 g/mol. The highest BCUT2D eigenvalue weighted by Crippen LogP contribution is 2.39. The van der Waals surface area contributed by atoms with E-state index in [4.69, 9.17) is 9.26 Å². The molecule has 1 N–H and O–H groups in total. The van der Waals surface area contributed by atoms with E-state index in [1.165, 1.54) is 30.4 Å². The highest BCUT2D eigenvalue weighted by atomic mass is 19.4. The van der Waals surface area contributed by atoms with Crippen molar-refractivity contribution in [3.63, 3.8) is 0 Å². The number of ether oxygens (including phenoxy) is 1. The Morgan fingerprint density at radius 3 is 2.59 bits per heavy atom. The summed E-state index contributed by atoms with van der Waals surface area (Å²) in [5, 5.41) is 6.97. The summed E-state index contributed by atoms with van der Waals surface area (Å²) < 4.78 is 89.8. The second kappa shape index (κ2) is 9.49. The van der Waals surface area contributed by atoms with Crippen LogP contribution in [0.3, 0.4) is 0 Å². The van der Waals surface area contributed by atoms with E-state index in [2.05, 4.69) is 15.5 Å². The van der Waals surface area contributed by atoms with Crippen molar-refractivity contribution in [2.45, 2.75) is 31.2 Å². The minimum absolute atomic E-state index is 0.0326. The third-order valence-corrected chi connectivity index (χ3v) is 5.20. The Kier molecular flexibility index (Phi) is 6.65. The van der Waals surface area contributed by atoms with Crippen molar-refractivity contribution < 1.29 is 35.6 Å². The predicted octanol–water partition coefficient (Wildman–Crippen LogP) is 6.29. The van der Waals surface area contributed by atoms with Gasteiger partial charge in [0.1, 0.15) is 12.4 Å². The summed E-state index contributed by atoms with van der Waals surface area (Å²) in [5.74, 6) is -0.0718. The van der Waals surface area contributed by atoms with E-state index >= 15 is 0 Å². The Morgan fingerprint density at radius 2 is 1.88 bits per heavy atom. The molecule has 34 heavy (non-hydrogen) atoms. The first kappa shape index (κ1) is 23.8. The Labute approximate surface area is 190 Å². The molecule has 1 fully saturated rings. The van der Waals surface area contributed by atoms with Crippen LogP contribution in [0.2, 0.25) is 0 Å². The molecule has 1 unspecified atom stereocenters. The molecule has 2 aromatic carbocycles. The first-order chi connectivity index (χ1) is 16.1. The van der Waals surface area contributed by atoms with Crippen LogP contribution in [-0.4, -0.2) is 23.3 Å². The number of rotatable bonds is 6. The van der Waals surface area contributed by atoms with E-state index in [1.807, 2.05) is 0 Å². The maximum Gasteiger partial charge on any atom is 0.419 e. The van der Waals surface area contributed by atoms with Crippen molar-refractivity contribution in [2.75, 3.05) is 13.2 Å². The molecular weight excluding hydrogens is 464 g/mol. The molecule has 0 bridgehead atoms. The van der Waals surface area contributed by atoms with E-state index in [1.54, 1.807) is 0 Å². The highest BCUT2D eigenvalue weighted by Gasteiger charge is 2.35. The van der Waals surface area contributed by atoms with E-state index < -0.39 is 29.2 Å². The van der Waals surface area contributed by atoms with E-state index in [0.29, 0.717) is 5.89 Å². The van der Waals surface area contributed by atoms with Gasteiger partial charge in [-0.05, 0) is 61.4 Å². The first-order valence-corrected chi connectivity index (χ1v) is 10.4. The molecule has 0 radical (unpaired) electrons. The predicted molar refractivity (Wildman–Crippen MR) is 111 cm³/mol. The topological polar surface area (TPSA) is 60.2 Å². The molecule has 1 saturated heterocycles. The number of nitrogens with one attached hydrogen (secondary N) is 1. The van der Waals surface area contributed by atoms with Gasteiger partial charge in [0.15, 0.2) is 0 Å². The standard InChI is InChI=1S/C23H19F6N3O2/c24-22(25,26)16-6-1-4-14(12-16)5-3-11-33-19-9-8-15(13-17(19)23(27,28)29)20-31-21(34-32-20)18-7-2-10-30-18/h1,3-6,8-9,12-13,18,30H,2,7,10-11H2/b5-3+. The van der Waals surface area contributed by atoms with Gasteiger partial charge in [-0.25, -0.2) is 0 Å². The van der Waals surface area contributed by atoms with E-state index in [-0.39, 0.29) is 29.6 Å². The lowest BCUT2D eigenvalue weighted by Crippen LogP contribution is -2.13. The Hall–Kier alpha value is -3.34. The van der Waals surface area contributed by atoms with Gasteiger partial charge in [-0.1, -0.05) is 23.4 Å². The number of hydrogen-bond donors (Lipinski definition) is 1. The van der Waals surface area contributed by atoms with Crippen molar-refractivity contribution >= 4 is 6.08 Å². The van der Waals surface area contributed by atoms with E-state index in [9.17, 15) is 26.3 Å². The smallest absolute Gasteiger partial charge is 0.419 e. The molecule has 1 aliphatic rings. The zero-order valence-electron chi connectivity index (χ0n) is 17.6. The Bertz CT molecular complexity index is 1160. The number of nitrogens with zero attached hydrogens (tertiary/aromatic N) is 2. The van der Waals surface area contributed by atoms with Gasteiger partial charge in [-0.15, -0.1) is 0 Å². The highest BCUT2D eigenvalue weighted by molar-refractivity contribution is 5.59. The zero-order valence-corrected chi connectivity index (χ0v) is 17.6. The fraction of sp³-hybridized carbons (Fsp3) is 0.304. The molecule has 3 aromatic rings. The Balaban J connectivity index is 1.48. The van der Waals surface area contributed by atoms with Crippen LogP contribution in [0.4, 0.5) is 26.3 Å². The van der Waals surface area contributed by atoms with Crippen molar-refractivity contribution in [1.82, 2.24) is 15.5 Å². The monoisotopic (exact) mass is 483 g/mol. The first-order valence-electron chi connectivity index (χ1n) is 10.4. The lowest BCUT2D eigenvalue weighted by molar-refractivity contribution is -0.139. The van der Waals surface area contributed by atoms with Crippen LogP contribution in [0.1, 0.15) is 41.5 Å². The summed E-state index contributed by atoms with van der Waals surface area (Å²) in [5.41, 5.74) is -1.48. The maximum absolute atomic E-state index is 13.6. The molecule has 0 amide bonds. The molecule has 180 valence electrons. The molecule has 11 heteroatoms. The molecule has 1 aliphatic heterocycles. The summed E-state index contributed by atoms with van der Waals surface area (Å²) in [6.07, 6.45) is -4.78. The van der Waals surface area contributed by atoms with Gasteiger partial charge in [0.05, 0.1) is 17.2 Å². The van der Waals surface area contributed by atoms with E-state index in [0.717, 1.165) is 43.7 Å². The van der Waals surface area contributed by atoms with Gasteiger partial charge in [0.2, 0.25) is 11.7 Å². The lowest BCUT2D eigenvalue weighted by atomic mass is 10.1. The summed E-state index contributed by atoms with van der Waals surface area (Å²) in [6.45, 7) is 0.521. The lowest BCUT2D eigenvalue weighted by Gasteiger charge is -2.14. The normalized spacial score (nSPS) is 16.9. The number of benzene rings is 2. The van der Waals surface area contributed by atoms with Crippen LogP contribution >= 0.6 is 0 Å². The quantitative estimate of drug-likeness (QED) is 0.418. The number of halogens is 6. The maximum atomic E-state index is 13.6. The second-order valence-electron chi connectivity index (χ2n) is 7.65. The number of aromatic nitrogens is 2. The molecular formula is C23H19F6N3O2. The molecule has 4 rings (SSSR count). The summed E-state index contributed by atoms with van der Waals surface area (Å²) in [7, 11) is 0. The molecule has 0 spiro atoms. The third-order valence-electron chi connectivity index (χ3n) is 5.20. The Morgan fingerprint density at radius 1 is 1.06 bits per heavy atom. The molecule has 5 nitrogen and oxygen atoms in total.